The molecule has 0 rings (SSSR count). The average Bonchev–Trinajstić information content (AvgIpc) is 2.18. The minimum Gasteiger partial charge on any atom is -0.465 e. The van der Waals surface area contributed by atoms with Crippen LogP contribution in [0.4, 0.5) is 9.59 Å². The molecule has 18 heavy (non-hydrogen) atoms. The van der Waals surface area contributed by atoms with E-state index in [-0.39, 0.29) is 24.8 Å². The van der Waals surface area contributed by atoms with Gasteiger partial charge in [-0.2, -0.15) is 0 Å². The Balaban J connectivity index is -0.0000000980. The summed E-state index contributed by atoms with van der Waals surface area (Å²) in [7, 11) is 0. The van der Waals surface area contributed by atoms with E-state index >= 15 is 0 Å². The van der Waals surface area contributed by atoms with Crippen LogP contribution in [0.25, 0.3) is 0 Å². The number of carbonyl (C=O) groups is 2. The van der Waals surface area contributed by atoms with Crippen molar-refractivity contribution in [3.8, 4) is 0 Å². The zero-order valence-electron chi connectivity index (χ0n) is 9.92. The average molecular weight is 309 g/mol. The predicted octanol–water partition coefficient (Wildman–Crippen LogP) is 0.0492. The molecule has 2 amide bonds. The number of nitrogens with two attached hydrogens (primary N) is 2. The Morgan fingerprint density at radius 1 is 0.833 bits per heavy atom. The molecule has 0 aromatic heterocycles. The summed E-state index contributed by atoms with van der Waals surface area (Å²) >= 11 is 0. The van der Waals surface area contributed by atoms with Gasteiger partial charge in [0, 0.05) is 13.1 Å². The van der Waals surface area contributed by atoms with Crippen LogP contribution < -0.4 is 22.1 Å². The molecule has 112 valence electrons. The number of carboxylic acid groups (broad SMARTS) is 2. The van der Waals surface area contributed by atoms with Gasteiger partial charge in [0.15, 0.2) is 0 Å². The van der Waals surface area contributed by atoms with Gasteiger partial charge in [0.2, 0.25) is 0 Å². The van der Waals surface area contributed by atoms with Crippen LogP contribution in [0.5, 0.6) is 0 Å². The van der Waals surface area contributed by atoms with Gasteiger partial charge in [-0.15, -0.1) is 24.8 Å². The fourth-order valence-electron chi connectivity index (χ4n) is 0.595. The second-order valence-corrected chi connectivity index (χ2v) is 2.75. The summed E-state index contributed by atoms with van der Waals surface area (Å²) in [6, 6.07) is 0. The highest BCUT2D eigenvalue weighted by Gasteiger charge is 1.89. The van der Waals surface area contributed by atoms with Crippen LogP contribution >= 0.6 is 24.8 Å². The van der Waals surface area contributed by atoms with Crippen molar-refractivity contribution in [3.63, 3.8) is 0 Å². The maximum Gasteiger partial charge on any atom is 0.404 e. The van der Waals surface area contributed by atoms with Gasteiger partial charge in [-0.05, 0) is 25.9 Å². The molecule has 0 radical (unpaired) electrons. The van der Waals surface area contributed by atoms with Gasteiger partial charge >= 0.3 is 12.2 Å². The van der Waals surface area contributed by atoms with E-state index in [1.165, 1.54) is 0 Å². The van der Waals surface area contributed by atoms with E-state index < -0.39 is 12.2 Å². The van der Waals surface area contributed by atoms with E-state index in [4.69, 9.17) is 21.7 Å². The lowest BCUT2D eigenvalue weighted by molar-refractivity contribution is 0.193. The van der Waals surface area contributed by atoms with Gasteiger partial charge in [0.05, 0.1) is 0 Å². The summed E-state index contributed by atoms with van der Waals surface area (Å²) in [5, 5.41) is 20.3. The first-order valence-corrected chi connectivity index (χ1v) is 4.88. The molecule has 8 N–H and O–H groups in total. The summed E-state index contributed by atoms with van der Waals surface area (Å²) in [6.45, 7) is 1.96. The minimum atomic E-state index is -0.988. The SMILES string of the molecule is Cl.Cl.NCCCNC(=O)O.NCCCNC(=O)O. The van der Waals surface area contributed by atoms with Crippen molar-refractivity contribution in [3.05, 3.63) is 0 Å². The lowest BCUT2D eigenvalue weighted by Gasteiger charge is -1.94. The Kier molecular flexibility index (Phi) is 30.6. The van der Waals surface area contributed by atoms with Crippen LogP contribution in [0.15, 0.2) is 0 Å². The maximum absolute atomic E-state index is 9.72. The van der Waals surface area contributed by atoms with Crippen LogP contribution in [0.1, 0.15) is 12.8 Å². The zero-order valence-corrected chi connectivity index (χ0v) is 11.6. The highest BCUT2D eigenvalue weighted by molar-refractivity contribution is 5.85. The predicted molar refractivity (Wildman–Crippen MR) is 73.9 cm³/mol. The normalized spacial score (nSPS) is 7.67. The molecular weight excluding hydrogens is 287 g/mol. The summed E-state index contributed by atoms with van der Waals surface area (Å²) in [5.74, 6) is 0. The Bertz CT molecular complexity index is 178. The van der Waals surface area contributed by atoms with Crippen LogP contribution in [-0.4, -0.2) is 48.6 Å². The molecule has 10 heteroatoms. The molecule has 8 nitrogen and oxygen atoms in total. The standard InChI is InChI=1S/2C4H10N2O2.2ClH/c2*5-2-1-3-6-4(7)8;;/h2*6H,1-3,5H2,(H,7,8);2*1H. The number of halogens is 2. The number of nitrogens with one attached hydrogen (secondary N) is 2. The molecule has 0 aliphatic carbocycles. The van der Waals surface area contributed by atoms with Gasteiger partial charge in [0.25, 0.3) is 0 Å². The van der Waals surface area contributed by atoms with Crippen molar-refractivity contribution in [1.82, 2.24) is 10.6 Å². The summed E-state index contributed by atoms with van der Waals surface area (Å²) in [4.78, 5) is 19.4. The maximum atomic E-state index is 9.72. The summed E-state index contributed by atoms with van der Waals surface area (Å²) < 4.78 is 0. The Hall–Kier alpha value is -0.960. The second-order valence-electron chi connectivity index (χ2n) is 2.75. The van der Waals surface area contributed by atoms with E-state index in [1.54, 1.807) is 0 Å². The first kappa shape index (κ1) is 25.8. The van der Waals surface area contributed by atoms with Crippen molar-refractivity contribution in [2.45, 2.75) is 12.8 Å². The number of rotatable bonds is 6. The number of hydrogen-bond donors (Lipinski definition) is 6. The molecule has 0 spiro atoms. The fourth-order valence-corrected chi connectivity index (χ4v) is 0.595. The van der Waals surface area contributed by atoms with Crippen molar-refractivity contribution >= 4 is 37.0 Å². The quantitative estimate of drug-likeness (QED) is 0.381. The van der Waals surface area contributed by atoms with Crippen molar-refractivity contribution < 1.29 is 19.8 Å². The first-order chi connectivity index (χ1) is 7.54. The van der Waals surface area contributed by atoms with Gasteiger partial charge in [0.1, 0.15) is 0 Å². The fraction of sp³-hybridized carbons (Fsp3) is 0.750. The Labute approximate surface area is 118 Å². The second kappa shape index (κ2) is 21.3. The van der Waals surface area contributed by atoms with Crippen LogP contribution in [0.3, 0.4) is 0 Å². The molecule has 0 aromatic carbocycles. The molecule has 0 fully saturated rings. The van der Waals surface area contributed by atoms with Crippen LogP contribution in [-0.2, 0) is 0 Å². The van der Waals surface area contributed by atoms with E-state index in [0.29, 0.717) is 39.0 Å². The molecule has 0 aliphatic heterocycles. The smallest absolute Gasteiger partial charge is 0.404 e. The van der Waals surface area contributed by atoms with Gasteiger partial charge in [-0.3, -0.25) is 0 Å². The Morgan fingerprint density at radius 3 is 1.28 bits per heavy atom. The molecule has 0 saturated carbocycles. The number of amides is 2. The molecule has 0 saturated heterocycles. The van der Waals surface area contributed by atoms with E-state index in [2.05, 4.69) is 10.6 Å². The third-order valence-electron chi connectivity index (χ3n) is 1.31. The molecule has 0 unspecified atom stereocenters. The minimum absolute atomic E-state index is 0. The Morgan fingerprint density at radius 2 is 1.11 bits per heavy atom. The lowest BCUT2D eigenvalue weighted by Crippen LogP contribution is -2.23. The monoisotopic (exact) mass is 308 g/mol. The summed E-state index contributed by atoms with van der Waals surface area (Å²) in [6.07, 6.45) is -0.574. The zero-order chi connectivity index (χ0) is 12.8. The third-order valence-corrected chi connectivity index (χ3v) is 1.31. The number of hydrogen-bond acceptors (Lipinski definition) is 4. The molecule has 0 bridgehead atoms. The molecule has 0 atom stereocenters. The van der Waals surface area contributed by atoms with Crippen molar-refractivity contribution in [2.24, 2.45) is 11.5 Å². The first-order valence-electron chi connectivity index (χ1n) is 4.88. The highest BCUT2D eigenvalue weighted by atomic mass is 35.5. The molecule has 0 aliphatic rings. The van der Waals surface area contributed by atoms with Crippen LogP contribution in [0.2, 0.25) is 0 Å². The van der Waals surface area contributed by atoms with Gasteiger partial charge in [-0.1, -0.05) is 0 Å². The molecule has 0 aromatic rings. The van der Waals surface area contributed by atoms with E-state index in [9.17, 15) is 9.59 Å². The lowest BCUT2D eigenvalue weighted by atomic mass is 10.4. The topological polar surface area (TPSA) is 151 Å². The van der Waals surface area contributed by atoms with Gasteiger partial charge < -0.3 is 32.3 Å². The largest absolute Gasteiger partial charge is 0.465 e. The third kappa shape index (κ3) is 36.3. The summed E-state index contributed by atoms with van der Waals surface area (Å²) in [5.41, 5.74) is 10.2. The van der Waals surface area contributed by atoms with Crippen LogP contribution in [0, 0.1) is 0 Å². The van der Waals surface area contributed by atoms with Crippen molar-refractivity contribution in [1.29, 1.82) is 0 Å². The van der Waals surface area contributed by atoms with E-state index in [0.717, 1.165) is 0 Å². The highest BCUT2D eigenvalue weighted by Crippen LogP contribution is 1.68. The van der Waals surface area contributed by atoms with Gasteiger partial charge in [-0.25, -0.2) is 9.59 Å². The molecular formula is C8H22Cl2N4O4. The molecule has 0 heterocycles. The van der Waals surface area contributed by atoms with E-state index in [1.807, 2.05) is 0 Å². The van der Waals surface area contributed by atoms with Crippen molar-refractivity contribution in [2.75, 3.05) is 26.2 Å².